The molecule has 8 nitrogen and oxygen atoms in total. The maximum atomic E-state index is 12.8. The summed E-state index contributed by atoms with van der Waals surface area (Å²) in [6.45, 7) is 6.63. The van der Waals surface area contributed by atoms with Crippen LogP contribution in [0.15, 0.2) is 42.5 Å². The Morgan fingerprint density at radius 1 is 1.00 bits per heavy atom. The number of anilines is 1. The van der Waals surface area contributed by atoms with Crippen molar-refractivity contribution in [1.29, 1.82) is 0 Å². The number of hydrogen-bond acceptors (Lipinski definition) is 4. The van der Waals surface area contributed by atoms with Gasteiger partial charge in [0.1, 0.15) is 12.1 Å². The molecule has 5 amide bonds. The Hall–Kier alpha value is -3.68. The second kappa shape index (κ2) is 8.59. The van der Waals surface area contributed by atoms with Gasteiger partial charge in [-0.3, -0.25) is 19.3 Å². The number of benzene rings is 2. The Kier molecular flexibility index (Phi) is 6.10. The third-order valence-corrected chi connectivity index (χ3v) is 5.32. The summed E-state index contributed by atoms with van der Waals surface area (Å²) in [6.07, 6.45) is 0. The molecule has 162 valence electrons. The molecule has 0 aromatic heterocycles. The lowest BCUT2D eigenvalue weighted by Crippen LogP contribution is -2.44. The molecule has 0 bridgehead atoms. The topological polar surface area (TPSA) is 108 Å². The average Bonchev–Trinajstić information content (AvgIpc) is 2.94. The number of rotatable bonds is 6. The van der Waals surface area contributed by atoms with Crippen LogP contribution >= 0.6 is 0 Å². The minimum absolute atomic E-state index is 0.273. The molecule has 1 aliphatic heterocycles. The number of nitrogens with zero attached hydrogens (tertiary/aromatic N) is 1. The summed E-state index contributed by atoms with van der Waals surface area (Å²) in [4.78, 5) is 50.6. The van der Waals surface area contributed by atoms with Crippen molar-refractivity contribution in [3.05, 3.63) is 64.7 Å². The highest BCUT2D eigenvalue weighted by molar-refractivity contribution is 6.09. The maximum absolute atomic E-state index is 12.8. The Morgan fingerprint density at radius 2 is 1.61 bits per heavy atom. The monoisotopic (exact) mass is 422 g/mol. The Labute approximate surface area is 181 Å². The highest BCUT2D eigenvalue weighted by Gasteiger charge is 2.49. The standard InChI is InChI=1S/C23H26N4O4/c1-14-10-15(2)20(16(3)11-14)25-18(28)12-24-19(29)13-27-21(30)23(4,26-22(27)31)17-8-6-5-7-9-17/h5-11H,12-13H2,1-4H3,(H,24,29)(H,25,28)(H,26,31)/t23-/m0/s1. The van der Waals surface area contributed by atoms with Crippen molar-refractivity contribution >= 4 is 29.4 Å². The van der Waals surface area contributed by atoms with Crippen molar-refractivity contribution in [2.45, 2.75) is 33.2 Å². The van der Waals surface area contributed by atoms with E-state index in [0.717, 1.165) is 21.6 Å². The summed E-state index contributed by atoms with van der Waals surface area (Å²) in [7, 11) is 0. The van der Waals surface area contributed by atoms with Crippen LogP contribution in [-0.2, 0) is 19.9 Å². The molecule has 1 aliphatic rings. The molecule has 0 radical (unpaired) electrons. The summed E-state index contributed by atoms with van der Waals surface area (Å²) < 4.78 is 0. The first-order chi connectivity index (χ1) is 14.6. The lowest BCUT2D eigenvalue weighted by Gasteiger charge is -2.22. The van der Waals surface area contributed by atoms with E-state index in [-0.39, 0.29) is 6.54 Å². The van der Waals surface area contributed by atoms with Gasteiger partial charge in [0.2, 0.25) is 11.8 Å². The highest BCUT2D eigenvalue weighted by Crippen LogP contribution is 2.28. The number of hydrogen-bond donors (Lipinski definition) is 3. The number of imide groups is 1. The molecule has 2 aromatic rings. The number of nitrogens with one attached hydrogen (secondary N) is 3. The van der Waals surface area contributed by atoms with E-state index in [0.29, 0.717) is 11.3 Å². The number of carbonyl (C=O) groups is 4. The second-order valence-electron chi connectivity index (χ2n) is 7.91. The number of aryl methyl sites for hydroxylation is 3. The fourth-order valence-electron chi connectivity index (χ4n) is 3.75. The zero-order valence-corrected chi connectivity index (χ0v) is 18.0. The molecule has 3 rings (SSSR count). The minimum Gasteiger partial charge on any atom is -0.345 e. The lowest BCUT2D eigenvalue weighted by atomic mass is 9.92. The molecule has 0 aliphatic carbocycles. The molecular weight excluding hydrogens is 396 g/mol. The van der Waals surface area contributed by atoms with E-state index < -0.39 is 35.8 Å². The van der Waals surface area contributed by atoms with Crippen molar-refractivity contribution in [3.63, 3.8) is 0 Å². The van der Waals surface area contributed by atoms with Crippen LogP contribution in [0.1, 0.15) is 29.2 Å². The summed E-state index contributed by atoms with van der Waals surface area (Å²) >= 11 is 0. The van der Waals surface area contributed by atoms with Crippen LogP contribution in [0.2, 0.25) is 0 Å². The van der Waals surface area contributed by atoms with Crippen molar-refractivity contribution in [3.8, 4) is 0 Å². The molecule has 1 fully saturated rings. The fraction of sp³-hybridized carbons (Fsp3) is 0.304. The molecule has 0 spiro atoms. The van der Waals surface area contributed by atoms with Gasteiger partial charge in [0.25, 0.3) is 5.91 Å². The number of carbonyl (C=O) groups excluding carboxylic acids is 4. The van der Waals surface area contributed by atoms with Crippen LogP contribution < -0.4 is 16.0 Å². The summed E-state index contributed by atoms with van der Waals surface area (Å²) in [5.41, 5.74) is 3.04. The summed E-state index contributed by atoms with van der Waals surface area (Å²) in [6, 6.07) is 12.1. The van der Waals surface area contributed by atoms with Crippen molar-refractivity contribution in [1.82, 2.24) is 15.5 Å². The number of urea groups is 1. The predicted molar refractivity (Wildman–Crippen MR) is 116 cm³/mol. The third kappa shape index (κ3) is 4.58. The first-order valence-corrected chi connectivity index (χ1v) is 9.96. The summed E-state index contributed by atoms with van der Waals surface area (Å²) in [5.74, 6) is -1.52. The Bertz CT molecular complexity index is 1030. The first kappa shape index (κ1) is 22.0. The Balaban J connectivity index is 1.58. The lowest BCUT2D eigenvalue weighted by molar-refractivity contribution is -0.135. The molecule has 0 unspecified atom stereocenters. The van der Waals surface area contributed by atoms with Gasteiger partial charge in [0.15, 0.2) is 0 Å². The smallest absolute Gasteiger partial charge is 0.325 e. The molecule has 1 heterocycles. The zero-order chi connectivity index (χ0) is 22.8. The van der Waals surface area contributed by atoms with E-state index in [9.17, 15) is 19.2 Å². The molecule has 0 saturated carbocycles. The molecule has 2 aromatic carbocycles. The largest absolute Gasteiger partial charge is 0.345 e. The molecule has 3 N–H and O–H groups in total. The van der Waals surface area contributed by atoms with Crippen LogP contribution in [0.4, 0.5) is 10.5 Å². The van der Waals surface area contributed by atoms with Crippen LogP contribution in [0, 0.1) is 20.8 Å². The van der Waals surface area contributed by atoms with E-state index in [1.807, 2.05) is 39.0 Å². The van der Waals surface area contributed by atoms with Crippen molar-refractivity contribution < 1.29 is 19.2 Å². The average molecular weight is 422 g/mol. The second-order valence-corrected chi connectivity index (χ2v) is 7.91. The molecular formula is C23H26N4O4. The van der Waals surface area contributed by atoms with E-state index in [1.165, 1.54) is 0 Å². The van der Waals surface area contributed by atoms with E-state index in [1.54, 1.807) is 31.2 Å². The molecule has 1 atom stereocenters. The zero-order valence-electron chi connectivity index (χ0n) is 18.0. The minimum atomic E-state index is -1.24. The van der Waals surface area contributed by atoms with Gasteiger partial charge >= 0.3 is 6.03 Å². The van der Waals surface area contributed by atoms with Gasteiger partial charge in [-0.1, -0.05) is 48.0 Å². The van der Waals surface area contributed by atoms with Crippen molar-refractivity contribution in [2.24, 2.45) is 0 Å². The quantitative estimate of drug-likeness (QED) is 0.620. The molecule has 1 saturated heterocycles. The van der Waals surface area contributed by atoms with Crippen LogP contribution in [0.3, 0.4) is 0 Å². The van der Waals surface area contributed by atoms with Crippen LogP contribution in [0.25, 0.3) is 0 Å². The van der Waals surface area contributed by atoms with Gasteiger partial charge in [-0.15, -0.1) is 0 Å². The SMILES string of the molecule is Cc1cc(C)c(NC(=O)CNC(=O)CN2C(=O)N[C@@](C)(c3ccccc3)C2=O)c(C)c1. The van der Waals surface area contributed by atoms with Gasteiger partial charge < -0.3 is 16.0 Å². The van der Waals surface area contributed by atoms with Crippen LogP contribution in [-0.4, -0.2) is 41.7 Å². The molecule has 8 heteroatoms. The van der Waals surface area contributed by atoms with E-state index >= 15 is 0 Å². The molecule has 31 heavy (non-hydrogen) atoms. The number of amides is 5. The van der Waals surface area contributed by atoms with Gasteiger partial charge in [-0.05, 0) is 44.4 Å². The first-order valence-electron chi connectivity index (χ1n) is 9.96. The van der Waals surface area contributed by atoms with Gasteiger partial charge in [0.05, 0.1) is 6.54 Å². The fourth-order valence-corrected chi connectivity index (χ4v) is 3.75. The normalized spacial score (nSPS) is 18.0. The van der Waals surface area contributed by atoms with E-state index in [2.05, 4.69) is 16.0 Å². The maximum Gasteiger partial charge on any atom is 0.325 e. The third-order valence-electron chi connectivity index (χ3n) is 5.32. The van der Waals surface area contributed by atoms with Gasteiger partial charge in [-0.2, -0.15) is 0 Å². The summed E-state index contributed by atoms with van der Waals surface area (Å²) in [5, 5.41) is 7.90. The predicted octanol–water partition coefficient (Wildman–Crippen LogP) is 2.13. The van der Waals surface area contributed by atoms with Crippen LogP contribution in [0.5, 0.6) is 0 Å². The van der Waals surface area contributed by atoms with Crippen molar-refractivity contribution in [2.75, 3.05) is 18.4 Å². The van der Waals surface area contributed by atoms with Gasteiger partial charge in [-0.25, -0.2) is 4.79 Å². The van der Waals surface area contributed by atoms with Gasteiger partial charge in [0, 0.05) is 5.69 Å². The Morgan fingerprint density at radius 3 is 2.23 bits per heavy atom. The van der Waals surface area contributed by atoms with E-state index in [4.69, 9.17) is 0 Å². The highest BCUT2D eigenvalue weighted by atomic mass is 16.2.